The van der Waals surface area contributed by atoms with Crippen molar-refractivity contribution in [3.05, 3.63) is 65.6 Å². The second kappa shape index (κ2) is 6.19. The summed E-state index contributed by atoms with van der Waals surface area (Å²) in [5.41, 5.74) is 5.16. The minimum atomic E-state index is -0.557. The number of hydrogen-bond donors (Lipinski definition) is 3. The molecule has 0 fully saturated rings. The van der Waals surface area contributed by atoms with Crippen LogP contribution >= 0.6 is 0 Å². The number of carbonyl (C=O) groups excluding carboxylic acids is 1. The van der Waals surface area contributed by atoms with E-state index >= 15 is 0 Å². The van der Waals surface area contributed by atoms with Crippen LogP contribution in [-0.4, -0.2) is 26.1 Å². The number of pyridine rings is 1. The number of aromatic nitrogens is 3. The second-order valence-corrected chi connectivity index (χ2v) is 4.79. The fraction of sp³-hybridized carbons (Fsp3) is 0.0625. The van der Waals surface area contributed by atoms with Gasteiger partial charge in [0.25, 0.3) is 5.91 Å². The van der Waals surface area contributed by atoms with Crippen LogP contribution in [0.3, 0.4) is 0 Å². The fourth-order valence-corrected chi connectivity index (χ4v) is 2.13. The lowest BCUT2D eigenvalue weighted by Gasteiger charge is -1.99. The van der Waals surface area contributed by atoms with Crippen molar-refractivity contribution in [2.45, 2.75) is 6.42 Å². The quantitative estimate of drug-likeness (QED) is 0.390. The number of imidazole rings is 1. The molecule has 0 atom stereocenters. The maximum absolute atomic E-state index is 10.9. The highest BCUT2D eigenvalue weighted by Crippen LogP contribution is 2.13. The van der Waals surface area contributed by atoms with Crippen molar-refractivity contribution in [2.24, 2.45) is 0 Å². The van der Waals surface area contributed by atoms with Crippen LogP contribution in [0.5, 0.6) is 0 Å². The molecule has 0 aliphatic carbocycles. The summed E-state index contributed by atoms with van der Waals surface area (Å²) in [7, 11) is 0. The second-order valence-electron chi connectivity index (χ2n) is 4.79. The smallest absolute Gasteiger partial charge is 0.267 e. The maximum atomic E-state index is 10.9. The molecule has 3 N–H and O–H groups in total. The average molecular weight is 294 g/mol. The topological polar surface area (TPSA) is 90.9 Å². The van der Waals surface area contributed by atoms with E-state index in [9.17, 15) is 4.79 Å². The number of amides is 1. The van der Waals surface area contributed by atoms with Gasteiger partial charge in [-0.3, -0.25) is 10.0 Å². The largest absolute Gasteiger partial charge is 0.340 e. The number of fused-ring (bicyclic) bond motifs is 1. The number of rotatable bonds is 4. The summed E-state index contributed by atoms with van der Waals surface area (Å²) in [6, 6.07) is 11.6. The minimum absolute atomic E-state index is 0.557. The van der Waals surface area contributed by atoms with E-state index in [-0.39, 0.29) is 0 Å². The van der Waals surface area contributed by atoms with Gasteiger partial charge in [-0.15, -0.1) is 0 Å². The Bertz CT molecular complexity index is 789. The Hall–Kier alpha value is -2.99. The number of aromatic amines is 1. The molecular formula is C16H14N4O2. The molecule has 22 heavy (non-hydrogen) atoms. The van der Waals surface area contributed by atoms with Gasteiger partial charge in [-0.25, -0.2) is 15.4 Å². The summed E-state index contributed by atoms with van der Waals surface area (Å²) in [6.07, 6.45) is 5.29. The van der Waals surface area contributed by atoms with E-state index in [4.69, 9.17) is 5.21 Å². The summed E-state index contributed by atoms with van der Waals surface area (Å²) in [5.74, 6) is 0.301. The summed E-state index contributed by atoms with van der Waals surface area (Å²) in [4.78, 5) is 22.8. The maximum Gasteiger partial charge on any atom is 0.267 e. The molecule has 0 aliphatic heterocycles. The summed E-state index contributed by atoms with van der Waals surface area (Å²) in [6.45, 7) is 0. The van der Waals surface area contributed by atoms with Crippen LogP contribution in [0.15, 0.2) is 48.7 Å². The lowest BCUT2D eigenvalue weighted by molar-refractivity contribution is -0.124. The molecule has 2 aromatic heterocycles. The molecule has 6 heteroatoms. The number of benzene rings is 1. The molecule has 0 radical (unpaired) electrons. The van der Waals surface area contributed by atoms with Crippen LogP contribution in [0.25, 0.3) is 17.2 Å². The predicted molar refractivity (Wildman–Crippen MR) is 82.1 cm³/mol. The van der Waals surface area contributed by atoms with Gasteiger partial charge in [0.05, 0.1) is 5.52 Å². The molecule has 110 valence electrons. The number of nitrogens with one attached hydrogen (secondary N) is 2. The van der Waals surface area contributed by atoms with Crippen molar-refractivity contribution in [2.75, 3.05) is 0 Å². The lowest BCUT2D eigenvalue weighted by atomic mass is 10.1. The molecule has 1 aromatic carbocycles. The van der Waals surface area contributed by atoms with Gasteiger partial charge < -0.3 is 4.98 Å². The molecule has 0 spiro atoms. The molecular weight excluding hydrogens is 280 g/mol. The van der Waals surface area contributed by atoms with Crippen LogP contribution < -0.4 is 5.48 Å². The molecule has 0 bridgehead atoms. The van der Waals surface area contributed by atoms with Crippen LogP contribution in [0.4, 0.5) is 0 Å². The van der Waals surface area contributed by atoms with Crippen molar-refractivity contribution >= 4 is 23.1 Å². The van der Waals surface area contributed by atoms with Gasteiger partial charge >= 0.3 is 0 Å². The van der Waals surface area contributed by atoms with Gasteiger partial charge in [0.1, 0.15) is 5.82 Å². The summed E-state index contributed by atoms with van der Waals surface area (Å²) in [5, 5.41) is 8.41. The summed E-state index contributed by atoms with van der Waals surface area (Å²) < 4.78 is 0. The molecule has 6 nitrogen and oxygen atoms in total. The highest BCUT2D eigenvalue weighted by Gasteiger charge is 2.04. The van der Waals surface area contributed by atoms with Crippen LogP contribution in [-0.2, 0) is 11.2 Å². The zero-order chi connectivity index (χ0) is 15.4. The van der Waals surface area contributed by atoms with E-state index in [0.717, 1.165) is 22.5 Å². The van der Waals surface area contributed by atoms with Crippen molar-refractivity contribution < 1.29 is 10.0 Å². The first kappa shape index (κ1) is 14.0. The van der Waals surface area contributed by atoms with Gasteiger partial charge in [-0.1, -0.05) is 24.3 Å². The highest BCUT2D eigenvalue weighted by atomic mass is 16.5. The van der Waals surface area contributed by atoms with E-state index in [1.165, 1.54) is 6.08 Å². The Morgan fingerprint density at radius 3 is 2.82 bits per heavy atom. The van der Waals surface area contributed by atoms with Crippen LogP contribution in [0.1, 0.15) is 17.0 Å². The normalized spacial score (nSPS) is 11.1. The molecule has 0 aliphatic rings. The Balaban J connectivity index is 1.73. The van der Waals surface area contributed by atoms with E-state index in [2.05, 4.69) is 15.0 Å². The van der Waals surface area contributed by atoms with Gasteiger partial charge in [0.15, 0.2) is 5.65 Å². The number of hydrogen-bond acceptors (Lipinski definition) is 4. The van der Waals surface area contributed by atoms with E-state index in [1.807, 2.05) is 36.4 Å². The van der Waals surface area contributed by atoms with Crippen molar-refractivity contribution in [3.63, 3.8) is 0 Å². The van der Waals surface area contributed by atoms with Gasteiger partial charge in [0, 0.05) is 18.7 Å². The van der Waals surface area contributed by atoms with E-state index < -0.39 is 5.91 Å². The third kappa shape index (κ3) is 3.18. The molecule has 0 unspecified atom stereocenters. The first-order valence-corrected chi connectivity index (χ1v) is 6.75. The standard InChI is InChI=1S/C16H14N4O2/c21-15(20-22)8-7-11-3-5-12(6-4-11)10-14-18-13-2-1-9-17-16(13)19-14/h1-9,22H,10H2,(H,20,21)(H,17,18,19). The van der Waals surface area contributed by atoms with E-state index in [1.54, 1.807) is 17.8 Å². The monoisotopic (exact) mass is 294 g/mol. The van der Waals surface area contributed by atoms with Gasteiger partial charge in [0.2, 0.25) is 0 Å². The third-order valence-electron chi connectivity index (χ3n) is 3.20. The van der Waals surface area contributed by atoms with Crippen molar-refractivity contribution in [1.82, 2.24) is 20.4 Å². The first-order valence-electron chi connectivity index (χ1n) is 6.75. The molecule has 0 saturated heterocycles. The zero-order valence-corrected chi connectivity index (χ0v) is 11.7. The van der Waals surface area contributed by atoms with Gasteiger partial charge in [-0.05, 0) is 29.3 Å². The Morgan fingerprint density at radius 1 is 1.27 bits per heavy atom. The molecule has 3 aromatic rings. The Kier molecular flexibility index (Phi) is 3.93. The molecule has 3 rings (SSSR count). The minimum Gasteiger partial charge on any atom is -0.340 e. The third-order valence-corrected chi connectivity index (χ3v) is 3.20. The predicted octanol–water partition coefficient (Wildman–Crippen LogP) is 2.07. The number of carbonyl (C=O) groups is 1. The van der Waals surface area contributed by atoms with Crippen LogP contribution in [0.2, 0.25) is 0 Å². The van der Waals surface area contributed by atoms with Gasteiger partial charge in [-0.2, -0.15) is 0 Å². The molecule has 2 heterocycles. The van der Waals surface area contributed by atoms with Crippen molar-refractivity contribution in [3.8, 4) is 0 Å². The highest BCUT2D eigenvalue weighted by molar-refractivity contribution is 5.90. The zero-order valence-electron chi connectivity index (χ0n) is 11.7. The van der Waals surface area contributed by atoms with Crippen molar-refractivity contribution in [1.29, 1.82) is 0 Å². The number of hydroxylamine groups is 1. The summed E-state index contributed by atoms with van der Waals surface area (Å²) >= 11 is 0. The lowest BCUT2D eigenvalue weighted by Crippen LogP contribution is -2.14. The fourth-order valence-electron chi connectivity index (χ4n) is 2.13. The molecule has 0 saturated carbocycles. The SMILES string of the molecule is O=C(C=Cc1ccc(Cc2nc3ncccc3[nH]2)cc1)NO. The molecule has 1 amide bonds. The average Bonchev–Trinajstić information content (AvgIpc) is 2.96. The van der Waals surface area contributed by atoms with Crippen LogP contribution in [0, 0.1) is 0 Å². The number of nitrogens with zero attached hydrogens (tertiary/aromatic N) is 2. The van der Waals surface area contributed by atoms with E-state index in [0.29, 0.717) is 12.1 Å². The Morgan fingerprint density at radius 2 is 2.09 bits per heavy atom. The Labute approximate surface area is 126 Å². The first-order chi connectivity index (χ1) is 10.7. The number of H-pyrrole nitrogens is 1.